The van der Waals surface area contributed by atoms with Crippen LogP contribution in [0.15, 0.2) is 30.5 Å². The highest BCUT2D eigenvalue weighted by Gasteiger charge is 2.39. The van der Waals surface area contributed by atoms with E-state index in [-0.39, 0.29) is 12.1 Å². The first-order chi connectivity index (χ1) is 11.3. The summed E-state index contributed by atoms with van der Waals surface area (Å²) in [5.74, 6) is 1.28. The molecule has 24 heavy (non-hydrogen) atoms. The Morgan fingerprint density at radius 2 is 2.00 bits per heavy atom. The van der Waals surface area contributed by atoms with E-state index in [1.165, 1.54) is 0 Å². The van der Waals surface area contributed by atoms with Crippen LogP contribution >= 0.6 is 0 Å². The molecular formula is C18H23N3O3. The van der Waals surface area contributed by atoms with Crippen molar-refractivity contribution in [1.29, 1.82) is 0 Å². The number of aromatic nitrogens is 2. The normalized spacial score (nSPS) is 16.9. The van der Waals surface area contributed by atoms with Crippen LogP contribution in [-0.2, 0) is 18.3 Å². The molecule has 3 rings (SSSR count). The summed E-state index contributed by atoms with van der Waals surface area (Å²) in [5, 5.41) is 0. The summed E-state index contributed by atoms with van der Waals surface area (Å²) in [6.45, 7) is 6.11. The lowest BCUT2D eigenvalue weighted by atomic mass is 10.0. The molecule has 0 radical (unpaired) electrons. The van der Waals surface area contributed by atoms with Crippen LogP contribution in [-0.4, -0.2) is 33.3 Å². The van der Waals surface area contributed by atoms with Crippen molar-refractivity contribution < 1.29 is 14.3 Å². The monoisotopic (exact) mass is 329 g/mol. The van der Waals surface area contributed by atoms with E-state index in [4.69, 9.17) is 9.47 Å². The lowest BCUT2D eigenvalue weighted by Crippen LogP contribution is -2.36. The summed E-state index contributed by atoms with van der Waals surface area (Å²) in [6, 6.07) is 7.74. The van der Waals surface area contributed by atoms with Crippen molar-refractivity contribution in [3.05, 3.63) is 47.4 Å². The first-order valence-corrected chi connectivity index (χ1v) is 7.95. The lowest BCUT2D eigenvalue weighted by Gasteiger charge is -2.28. The van der Waals surface area contributed by atoms with Gasteiger partial charge < -0.3 is 14.0 Å². The van der Waals surface area contributed by atoms with E-state index in [0.29, 0.717) is 12.4 Å². The smallest absolute Gasteiger partial charge is 0.411 e. The summed E-state index contributed by atoms with van der Waals surface area (Å²) in [5.41, 5.74) is 1.63. The van der Waals surface area contributed by atoms with Crippen LogP contribution in [0.3, 0.4) is 0 Å². The predicted octanol–water partition coefficient (Wildman–Crippen LogP) is 3.27. The molecule has 2 aromatic rings. The Morgan fingerprint density at radius 3 is 2.62 bits per heavy atom. The van der Waals surface area contributed by atoms with Gasteiger partial charge in [-0.1, -0.05) is 24.3 Å². The number of hydrogen-bond donors (Lipinski definition) is 0. The number of hydrogen-bond acceptors (Lipinski definition) is 4. The third-order valence-electron chi connectivity index (χ3n) is 3.97. The zero-order chi connectivity index (χ0) is 17.5. The van der Waals surface area contributed by atoms with Crippen LogP contribution in [0.25, 0.3) is 0 Å². The van der Waals surface area contributed by atoms with Gasteiger partial charge in [-0.15, -0.1) is 0 Å². The SMILES string of the molecule is COc1cn(C)c(C2c3ccccc3CN2C(=O)OC(C)(C)C)n1. The van der Waals surface area contributed by atoms with Crippen LogP contribution in [0.1, 0.15) is 43.8 Å². The summed E-state index contributed by atoms with van der Waals surface area (Å²) < 4.78 is 12.7. The van der Waals surface area contributed by atoms with E-state index < -0.39 is 5.60 Å². The van der Waals surface area contributed by atoms with Crippen molar-refractivity contribution in [3.63, 3.8) is 0 Å². The predicted molar refractivity (Wildman–Crippen MR) is 89.8 cm³/mol. The van der Waals surface area contributed by atoms with Gasteiger partial charge in [0.1, 0.15) is 17.5 Å². The molecule has 0 saturated carbocycles. The third-order valence-corrected chi connectivity index (χ3v) is 3.97. The molecular weight excluding hydrogens is 306 g/mol. The molecule has 128 valence electrons. The minimum atomic E-state index is -0.546. The molecule has 1 aromatic heterocycles. The van der Waals surface area contributed by atoms with Gasteiger partial charge in [-0.2, -0.15) is 4.98 Å². The molecule has 0 fully saturated rings. The van der Waals surface area contributed by atoms with Gasteiger partial charge >= 0.3 is 6.09 Å². The average Bonchev–Trinajstić information content (AvgIpc) is 3.05. The lowest BCUT2D eigenvalue weighted by molar-refractivity contribution is 0.0195. The fourth-order valence-corrected chi connectivity index (χ4v) is 2.96. The van der Waals surface area contributed by atoms with Crippen LogP contribution in [0.2, 0.25) is 0 Å². The van der Waals surface area contributed by atoms with E-state index in [1.807, 2.05) is 62.8 Å². The second-order valence-electron chi connectivity index (χ2n) is 6.96. The first kappa shape index (κ1) is 16.4. The zero-order valence-corrected chi connectivity index (χ0v) is 14.7. The number of amides is 1. The van der Waals surface area contributed by atoms with E-state index in [2.05, 4.69) is 4.98 Å². The van der Waals surface area contributed by atoms with Gasteiger partial charge in [0.15, 0.2) is 0 Å². The van der Waals surface area contributed by atoms with Gasteiger partial charge in [-0.3, -0.25) is 4.90 Å². The fourth-order valence-electron chi connectivity index (χ4n) is 2.96. The summed E-state index contributed by atoms with van der Waals surface area (Å²) in [6.07, 6.45) is 1.47. The minimum absolute atomic E-state index is 0.287. The molecule has 0 N–H and O–H groups in total. The number of carbonyl (C=O) groups is 1. The molecule has 6 heteroatoms. The number of carbonyl (C=O) groups excluding carboxylic acids is 1. The van der Waals surface area contributed by atoms with Crippen LogP contribution < -0.4 is 4.74 Å². The van der Waals surface area contributed by atoms with Crippen molar-refractivity contribution in [2.24, 2.45) is 7.05 Å². The summed E-state index contributed by atoms with van der Waals surface area (Å²) >= 11 is 0. The van der Waals surface area contributed by atoms with E-state index in [1.54, 1.807) is 12.0 Å². The highest BCUT2D eigenvalue weighted by Crippen LogP contribution is 2.39. The maximum atomic E-state index is 12.7. The Labute approximate surface area is 142 Å². The number of nitrogens with zero attached hydrogens (tertiary/aromatic N) is 3. The van der Waals surface area contributed by atoms with E-state index in [0.717, 1.165) is 17.0 Å². The number of imidazole rings is 1. The maximum absolute atomic E-state index is 12.7. The number of benzene rings is 1. The van der Waals surface area contributed by atoms with Crippen molar-refractivity contribution >= 4 is 6.09 Å². The van der Waals surface area contributed by atoms with Gasteiger partial charge in [0.2, 0.25) is 5.88 Å². The number of aryl methyl sites for hydroxylation is 1. The molecule has 0 bridgehead atoms. The van der Waals surface area contributed by atoms with Gasteiger partial charge in [0.05, 0.1) is 19.9 Å². The molecule has 1 atom stereocenters. The zero-order valence-electron chi connectivity index (χ0n) is 14.7. The van der Waals surface area contributed by atoms with Crippen molar-refractivity contribution in [2.45, 2.75) is 39.0 Å². The number of fused-ring (bicyclic) bond motifs is 1. The van der Waals surface area contributed by atoms with Crippen LogP contribution in [0.5, 0.6) is 5.88 Å². The highest BCUT2D eigenvalue weighted by atomic mass is 16.6. The maximum Gasteiger partial charge on any atom is 0.411 e. The Kier molecular flexibility index (Phi) is 3.99. The molecule has 6 nitrogen and oxygen atoms in total. The topological polar surface area (TPSA) is 56.6 Å². The molecule has 1 aliphatic rings. The molecule has 1 unspecified atom stereocenters. The summed E-state index contributed by atoms with van der Waals surface area (Å²) in [7, 11) is 3.49. The van der Waals surface area contributed by atoms with Gasteiger partial charge in [0.25, 0.3) is 0 Å². The fraction of sp³-hybridized carbons (Fsp3) is 0.444. The second kappa shape index (κ2) is 5.85. The van der Waals surface area contributed by atoms with Crippen LogP contribution in [0.4, 0.5) is 4.79 Å². The van der Waals surface area contributed by atoms with Crippen LogP contribution in [0, 0.1) is 0 Å². The van der Waals surface area contributed by atoms with E-state index in [9.17, 15) is 4.79 Å². The average molecular weight is 329 g/mol. The minimum Gasteiger partial charge on any atom is -0.480 e. The molecule has 1 aromatic carbocycles. The molecule has 1 aliphatic heterocycles. The van der Waals surface area contributed by atoms with Gasteiger partial charge in [-0.05, 0) is 31.9 Å². The molecule has 0 saturated heterocycles. The standard InChI is InChI=1S/C18H23N3O3/c1-18(2,3)24-17(22)21-10-12-8-6-7-9-13(12)15(21)16-19-14(23-5)11-20(16)4/h6-9,11,15H,10H2,1-5H3. The van der Waals surface area contributed by atoms with Crippen molar-refractivity contribution in [3.8, 4) is 5.88 Å². The van der Waals surface area contributed by atoms with E-state index >= 15 is 0 Å². The molecule has 0 spiro atoms. The highest BCUT2D eigenvalue weighted by molar-refractivity contribution is 5.71. The number of methoxy groups -OCH3 is 1. The Balaban J connectivity index is 2.03. The first-order valence-electron chi connectivity index (χ1n) is 7.95. The second-order valence-corrected chi connectivity index (χ2v) is 6.96. The van der Waals surface area contributed by atoms with Gasteiger partial charge in [-0.25, -0.2) is 4.79 Å². The number of ether oxygens (including phenoxy) is 2. The van der Waals surface area contributed by atoms with Crippen molar-refractivity contribution in [2.75, 3.05) is 7.11 Å². The Morgan fingerprint density at radius 1 is 1.29 bits per heavy atom. The molecule has 0 aliphatic carbocycles. The third kappa shape index (κ3) is 2.96. The van der Waals surface area contributed by atoms with Gasteiger partial charge in [0, 0.05) is 7.05 Å². The molecule has 1 amide bonds. The Bertz CT molecular complexity index is 761. The quantitative estimate of drug-likeness (QED) is 0.848. The largest absolute Gasteiger partial charge is 0.480 e. The Hall–Kier alpha value is -2.50. The molecule has 2 heterocycles. The summed E-state index contributed by atoms with van der Waals surface area (Å²) in [4.78, 5) is 19.0. The van der Waals surface area contributed by atoms with Crippen molar-refractivity contribution in [1.82, 2.24) is 14.5 Å². The number of rotatable bonds is 2.